The molecule has 1 fully saturated rings. The third-order valence-electron chi connectivity index (χ3n) is 6.50. The molecule has 1 saturated heterocycles. The van der Waals surface area contributed by atoms with E-state index in [2.05, 4.69) is 6.92 Å². The molecular formula is C30H30ClNO5. The molecule has 1 atom stereocenters. The number of ether oxygens (including phenoxy) is 1. The van der Waals surface area contributed by atoms with Gasteiger partial charge in [-0.05, 0) is 72.5 Å². The molecule has 0 aliphatic carbocycles. The lowest BCUT2D eigenvalue weighted by Crippen LogP contribution is -2.29. The van der Waals surface area contributed by atoms with Gasteiger partial charge in [-0.3, -0.25) is 14.5 Å². The number of aromatic hydroxyl groups is 1. The molecule has 2 N–H and O–H groups in total. The third-order valence-corrected chi connectivity index (χ3v) is 6.80. The Morgan fingerprint density at radius 2 is 1.68 bits per heavy atom. The summed E-state index contributed by atoms with van der Waals surface area (Å²) >= 11 is 6.19. The average Bonchev–Trinajstić information content (AvgIpc) is 3.18. The van der Waals surface area contributed by atoms with Crippen molar-refractivity contribution in [1.29, 1.82) is 0 Å². The molecule has 0 radical (unpaired) electrons. The zero-order chi connectivity index (χ0) is 26.5. The first kappa shape index (κ1) is 26.3. The van der Waals surface area contributed by atoms with E-state index in [0.29, 0.717) is 29.2 Å². The molecule has 7 heteroatoms. The average molecular weight is 520 g/mol. The molecule has 37 heavy (non-hydrogen) atoms. The third kappa shape index (κ3) is 5.49. The van der Waals surface area contributed by atoms with Crippen molar-refractivity contribution < 1.29 is 24.5 Å². The molecule has 3 aromatic carbocycles. The molecule has 1 heterocycles. The number of phenolic OH excluding ortho intramolecular Hbond substituents is 1. The molecule has 3 aromatic rings. The lowest BCUT2D eigenvalue weighted by atomic mass is 9.95. The summed E-state index contributed by atoms with van der Waals surface area (Å²) in [5, 5.41) is 21.3. The first-order chi connectivity index (χ1) is 17.8. The highest BCUT2D eigenvalue weighted by molar-refractivity contribution is 6.51. The first-order valence-electron chi connectivity index (χ1n) is 12.5. The first-order valence-corrected chi connectivity index (χ1v) is 12.8. The van der Waals surface area contributed by atoms with Crippen LogP contribution < -0.4 is 9.64 Å². The van der Waals surface area contributed by atoms with Crippen LogP contribution >= 0.6 is 11.6 Å². The second-order valence-electron chi connectivity index (χ2n) is 8.98. The molecule has 0 aromatic heterocycles. The number of rotatable bonds is 9. The highest BCUT2D eigenvalue weighted by Crippen LogP contribution is 2.43. The van der Waals surface area contributed by atoms with Crippen molar-refractivity contribution in [3.8, 4) is 11.5 Å². The fourth-order valence-corrected chi connectivity index (χ4v) is 4.60. The van der Waals surface area contributed by atoms with Crippen molar-refractivity contribution in [3.63, 3.8) is 0 Å². The van der Waals surface area contributed by atoms with E-state index in [1.165, 1.54) is 17.0 Å². The highest BCUT2D eigenvalue weighted by Gasteiger charge is 2.47. The van der Waals surface area contributed by atoms with Gasteiger partial charge in [0, 0.05) is 11.3 Å². The van der Waals surface area contributed by atoms with Gasteiger partial charge in [0.25, 0.3) is 11.7 Å². The van der Waals surface area contributed by atoms with Gasteiger partial charge < -0.3 is 14.9 Å². The van der Waals surface area contributed by atoms with Gasteiger partial charge in [-0.2, -0.15) is 0 Å². The zero-order valence-corrected chi connectivity index (χ0v) is 21.7. The van der Waals surface area contributed by atoms with Crippen LogP contribution in [0.5, 0.6) is 11.5 Å². The topological polar surface area (TPSA) is 87.1 Å². The Morgan fingerprint density at radius 3 is 2.30 bits per heavy atom. The van der Waals surface area contributed by atoms with Crippen LogP contribution in [0.2, 0.25) is 5.02 Å². The van der Waals surface area contributed by atoms with Crippen molar-refractivity contribution in [2.75, 3.05) is 11.5 Å². The van der Waals surface area contributed by atoms with Crippen molar-refractivity contribution in [1.82, 2.24) is 0 Å². The van der Waals surface area contributed by atoms with Gasteiger partial charge in [0.05, 0.1) is 23.2 Å². The van der Waals surface area contributed by atoms with Crippen molar-refractivity contribution in [3.05, 3.63) is 94.0 Å². The summed E-state index contributed by atoms with van der Waals surface area (Å²) in [7, 11) is 0. The monoisotopic (exact) mass is 519 g/mol. The van der Waals surface area contributed by atoms with Crippen LogP contribution in [0.15, 0.2) is 72.3 Å². The number of Topliss-reactive ketones (excluding diaryl/α,β-unsaturated/α-hetero) is 1. The van der Waals surface area contributed by atoms with E-state index in [4.69, 9.17) is 16.3 Å². The van der Waals surface area contributed by atoms with Crippen LogP contribution in [0, 0.1) is 0 Å². The number of hydrogen-bond acceptors (Lipinski definition) is 5. The number of aliphatic hydroxyl groups is 1. The minimum atomic E-state index is -0.935. The Morgan fingerprint density at radius 1 is 0.973 bits per heavy atom. The molecule has 0 spiro atoms. The Kier molecular flexibility index (Phi) is 8.19. The van der Waals surface area contributed by atoms with E-state index in [0.717, 1.165) is 31.2 Å². The van der Waals surface area contributed by atoms with Crippen LogP contribution in [-0.4, -0.2) is 28.5 Å². The molecule has 6 nitrogen and oxygen atoms in total. The number of nitrogens with zero attached hydrogens (tertiary/aromatic N) is 1. The second kappa shape index (κ2) is 11.5. The number of halogens is 1. The molecule has 1 unspecified atom stereocenters. The predicted octanol–water partition coefficient (Wildman–Crippen LogP) is 6.80. The molecular weight excluding hydrogens is 490 g/mol. The fraction of sp³-hybridized carbons (Fsp3) is 0.267. The number of hydrogen-bond donors (Lipinski definition) is 2. The number of aliphatic hydroxyl groups excluding tert-OH is 1. The van der Waals surface area contributed by atoms with Crippen molar-refractivity contribution in [2.45, 2.75) is 45.6 Å². The van der Waals surface area contributed by atoms with Crippen molar-refractivity contribution in [2.24, 2.45) is 0 Å². The van der Waals surface area contributed by atoms with E-state index in [1.54, 1.807) is 42.5 Å². The number of anilines is 1. The standard InChI is InChI=1S/C30H30ClNO5/c1-3-5-6-17-37-23-14-9-20(10-15-23)28(34)26-27(21-11-16-25(33)24(31)18-21)32(30(36)29(26)35)22-12-7-19(4-2)8-13-22/h7-16,18,27,33-34H,3-6,17H2,1-2H3/b28-26-. The van der Waals surface area contributed by atoms with Gasteiger partial charge in [0.2, 0.25) is 0 Å². The Balaban J connectivity index is 1.77. The van der Waals surface area contributed by atoms with E-state index in [1.807, 2.05) is 19.1 Å². The normalized spacial score (nSPS) is 16.8. The van der Waals surface area contributed by atoms with Gasteiger partial charge in [-0.1, -0.05) is 56.5 Å². The van der Waals surface area contributed by atoms with Crippen LogP contribution in [0.3, 0.4) is 0 Å². The van der Waals surface area contributed by atoms with Crippen LogP contribution in [0.4, 0.5) is 5.69 Å². The number of unbranched alkanes of at least 4 members (excludes halogenated alkanes) is 2. The number of carbonyl (C=O) groups is 2. The number of carbonyl (C=O) groups excluding carboxylic acids is 2. The minimum absolute atomic E-state index is 0.0528. The summed E-state index contributed by atoms with van der Waals surface area (Å²) < 4.78 is 5.75. The van der Waals surface area contributed by atoms with Crippen LogP contribution in [0.1, 0.15) is 55.8 Å². The second-order valence-corrected chi connectivity index (χ2v) is 9.39. The minimum Gasteiger partial charge on any atom is -0.507 e. The molecule has 1 aliphatic heterocycles. The zero-order valence-electron chi connectivity index (χ0n) is 20.9. The number of amides is 1. The number of ketones is 1. The SMILES string of the molecule is CCCCCOc1ccc(/C(O)=C2/C(=O)C(=O)N(c3ccc(CC)cc3)C2c2ccc(O)c(Cl)c2)cc1. The maximum atomic E-state index is 13.3. The summed E-state index contributed by atoms with van der Waals surface area (Å²) in [5.41, 5.74) is 2.42. The maximum absolute atomic E-state index is 13.3. The van der Waals surface area contributed by atoms with E-state index in [-0.39, 0.29) is 22.1 Å². The Hall–Kier alpha value is -3.77. The summed E-state index contributed by atoms with van der Waals surface area (Å²) in [5.74, 6) is -1.31. The highest BCUT2D eigenvalue weighted by atomic mass is 35.5. The Labute approximate surface area is 221 Å². The van der Waals surface area contributed by atoms with Gasteiger partial charge in [-0.15, -0.1) is 0 Å². The lowest BCUT2D eigenvalue weighted by Gasteiger charge is -2.26. The van der Waals surface area contributed by atoms with E-state index < -0.39 is 17.7 Å². The van der Waals surface area contributed by atoms with Crippen LogP contribution in [-0.2, 0) is 16.0 Å². The van der Waals surface area contributed by atoms with Crippen LogP contribution in [0.25, 0.3) is 5.76 Å². The number of phenols is 1. The smallest absolute Gasteiger partial charge is 0.300 e. The van der Waals surface area contributed by atoms with E-state index in [9.17, 15) is 19.8 Å². The summed E-state index contributed by atoms with van der Waals surface area (Å²) in [6, 6.07) is 17.7. The summed E-state index contributed by atoms with van der Waals surface area (Å²) in [6.07, 6.45) is 3.97. The number of benzene rings is 3. The molecule has 0 bridgehead atoms. The molecule has 1 aliphatic rings. The fourth-order valence-electron chi connectivity index (χ4n) is 4.41. The molecule has 1 amide bonds. The van der Waals surface area contributed by atoms with Gasteiger partial charge in [0.1, 0.15) is 17.3 Å². The molecule has 0 saturated carbocycles. The Bertz CT molecular complexity index is 1310. The quantitative estimate of drug-likeness (QED) is 0.140. The maximum Gasteiger partial charge on any atom is 0.300 e. The van der Waals surface area contributed by atoms with Crippen molar-refractivity contribution >= 4 is 34.7 Å². The predicted molar refractivity (Wildman–Crippen MR) is 145 cm³/mol. The lowest BCUT2D eigenvalue weighted by molar-refractivity contribution is -0.132. The summed E-state index contributed by atoms with van der Waals surface area (Å²) in [6.45, 7) is 4.75. The van der Waals surface area contributed by atoms with E-state index >= 15 is 0 Å². The molecule has 192 valence electrons. The van der Waals surface area contributed by atoms with Gasteiger partial charge in [-0.25, -0.2) is 0 Å². The molecule has 4 rings (SSSR count). The number of aryl methyl sites for hydroxylation is 1. The van der Waals surface area contributed by atoms with Gasteiger partial charge in [0.15, 0.2) is 0 Å². The van der Waals surface area contributed by atoms with Gasteiger partial charge >= 0.3 is 0 Å². The summed E-state index contributed by atoms with van der Waals surface area (Å²) in [4.78, 5) is 28.0. The largest absolute Gasteiger partial charge is 0.507 e.